The zero-order chi connectivity index (χ0) is 18.1. The zero-order valence-electron chi connectivity index (χ0n) is 14.9. The number of fused-ring (bicyclic) bond motifs is 1. The van der Waals surface area contributed by atoms with Crippen molar-refractivity contribution in [2.45, 2.75) is 38.0 Å². The summed E-state index contributed by atoms with van der Waals surface area (Å²) in [7, 11) is 1.70. The molecule has 138 valence electrons. The maximum absolute atomic E-state index is 13.0. The number of anilines is 1. The molecular weight excluding hydrogens is 332 g/mol. The normalized spacial score (nSPS) is 21.7. The Labute approximate surface area is 152 Å². The summed E-state index contributed by atoms with van der Waals surface area (Å²) in [6.45, 7) is 1.97. The van der Waals surface area contributed by atoms with E-state index in [4.69, 9.17) is 15.2 Å². The molecule has 1 aromatic heterocycles. The van der Waals surface area contributed by atoms with E-state index in [0.29, 0.717) is 25.3 Å². The SMILES string of the molecule is CO[C@@H]1C[C@@H](Cn2ccc(N)n2)N(C(=O)Cc2ccc3c(c2)CCO3)C1. The number of hydrogen-bond donors (Lipinski definition) is 1. The highest BCUT2D eigenvalue weighted by Gasteiger charge is 2.35. The molecule has 0 radical (unpaired) electrons. The van der Waals surface area contributed by atoms with Gasteiger partial charge in [0, 0.05) is 26.3 Å². The molecule has 0 unspecified atom stereocenters. The van der Waals surface area contributed by atoms with Gasteiger partial charge in [-0.05, 0) is 29.7 Å². The maximum atomic E-state index is 13.0. The summed E-state index contributed by atoms with van der Waals surface area (Å²) in [6, 6.07) is 7.87. The van der Waals surface area contributed by atoms with E-state index in [9.17, 15) is 4.79 Å². The summed E-state index contributed by atoms with van der Waals surface area (Å²) in [5.41, 5.74) is 7.92. The van der Waals surface area contributed by atoms with Crippen LogP contribution in [0.5, 0.6) is 5.75 Å². The van der Waals surface area contributed by atoms with Crippen molar-refractivity contribution in [2.24, 2.45) is 0 Å². The molecule has 7 nitrogen and oxygen atoms in total. The van der Waals surface area contributed by atoms with E-state index in [1.165, 1.54) is 5.56 Å². The molecule has 1 aromatic carbocycles. The van der Waals surface area contributed by atoms with Crippen molar-refractivity contribution in [3.63, 3.8) is 0 Å². The Hall–Kier alpha value is -2.54. The third kappa shape index (κ3) is 3.39. The molecule has 2 aliphatic rings. The molecular formula is C19H24N4O3. The molecule has 2 N–H and O–H groups in total. The number of carbonyl (C=O) groups is 1. The first-order chi connectivity index (χ1) is 12.6. The van der Waals surface area contributed by atoms with Gasteiger partial charge in [-0.1, -0.05) is 12.1 Å². The monoisotopic (exact) mass is 356 g/mol. The molecule has 1 saturated heterocycles. The summed E-state index contributed by atoms with van der Waals surface area (Å²) in [5.74, 6) is 1.55. The van der Waals surface area contributed by atoms with Crippen LogP contribution in [-0.2, 0) is 28.9 Å². The van der Waals surface area contributed by atoms with Crippen molar-refractivity contribution in [3.05, 3.63) is 41.6 Å². The number of likely N-dealkylation sites (tertiary alicyclic amines) is 1. The Bertz CT molecular complexity index is 804. The standard InChI is InChI=1S/C19H24N4O3/c1-25-16-10-15(11-22-6-4-18(20)21-22)23(12-16)19(24)9-13-2-3-17-14(8-13)5-7-26-17/h2-4,6,8,15-16H,5,7,9-12H2,1H3,(H2,20,21)/t15-,16+/m0/s1. The van der Waals surface area contributed by atoms with Crippen LogP contribution in [0.4, 0.5) is 5.82 Å². The largest absolute Gasteiger partial charge is 0.493 e. The predicted octanol–water partition coefficient (Wildman–Crippen LogP) is 1.26. The topological polar surface area (TPSA) is 82.6 Å². The van der Waals surface area contributed by atoms with Gasteiger partial charge in [-0.2, -0.15) is 5.10 Å². The highest BCUT2D eigenvalue weighted by Crippen LogP contribution is 2.27. The number of nitrogen functional groups attached to an aromatic ring is 1. The minimum absolute atomic E-state index is 0.0597. The molecule has 26 heavy (non-hydrogen) atoms. The summed E-state index contributed by atoms with van der Waals surface area (Å²) < 4.78 is 12.8. The number of carbonyl (C=O) groups excluding carboxylic acids is 1. The van der Waals surface area contributed by atoms with Crippen LogP contribution in [0.25, 0.3) is 0 Å². The fourth-order valence-electron chi connectivity index (χ4n) is 3.84. The number of nitrogens with zero attached hydrogens (tertiary/aromatic N) is 3. The number of nitrogens with two attached hydrogens (primary N) is 1. The first-order valence-corrected chi connectivity index (χ1v) is 8.98. The molecule has 1 amide bonds. The third-order valence-corrected chi connectivity index (χ3v) is 5.20. The molecule has 2 atom stereocenters. The van der Waals surface area contributed by atoms with Gasteiger partial charge in [-0.25, -0.2) is 0 Å². The minimum atomic E-state index is 0.0597. The van der Waals surface area contributed by atoms with E-state index in [0.717, 1.165) is 30.8 Å². The van der Waals surface area contributed by atoms with Gasteiger partial charge >= 0.3 is 0 Å². The van der Waals surface area contributed by atoms with E-state index >= 15 is 0 Å². The molecule has 0 saturated carbocycles. The summed E-state index contributed by atoms with van der Waals surface area (Å²) in [5, 5.41) is 4.24. The molecule has 3 heterocycles. The maximum Gasteiger partial charge on any atom is 0.227 e. The average molecular weight is 356 g/mol. The van der Waals surface area contributed by atoms with E-state index in [2.05, 4.69) is 11.2 Å². The lowest BCUT2D eigenvalue weighted by Crippen LogP contribution is -2.39. The van der Waals surface area contributed by atoms with Crippen LogP contribution in [0, 0.1) is 0 Å². The second kappa shape index (κ2) is 6.99. The number of hydrogen-bond acceptors (Lipinski definition) is 5. The molecule has 0 bridgehead atoms. The average Bonchev–Trinajstić information content (AvgIpc) is 3.34. The Morgan fingerprint density at radius 1 is 1.42 bits per heavy atom. The molecule has 4 rings (SSSR count). The number of benzene rings is 1. The van der Waals surface area contributed by atoms with Gasteiger partial charge in [0.15, 0.2) is 0 Å². The minimum Gasteiger partial charge on any atom is -0.493 e. The zero-order valence-corrected chi connectivity index (χ0v) is 14.9. The van der Waals surface area contributed by atoms with Crippen molar-refractivity contribution in [1.29, 1.82) is 0 Å². The highest BCUT2D eigenvalue weighted by molar-refractivity contribution is 5.79. The van der Waals surface area contributed by atoms with Crippen molar-refractivity contribution >= 4 is 11.7 Å². The smallest absolute Gasteiger partial charge is 0.227 e. The lowest BCUT2D eigenvalue weighted by atomic mass is 10.1. The molecule has 7 heteroatoms. The Kier molecular flexibility index (Phi) is 4.55. The number of amides is 1. The first-order valence-electron chi connectivity index (χ1n) is 8.98. The van der Waals surface area contributed by atoms with Crippen LogP contribution in [-0.4, -0.2) is 53.0 Å². The van der Waals surface area contributed by atoms with Gasteiger partial charge in [-0.15, -0.1) is 0 Å². The van der Waals surface area contributed by atoms with Crippen LogP contribution in [0.15, 0.2) is 30.5 Å². The molecule has 0 aliphatic carbocycles. The third-order valence-electron chi connectivity index (χ3n) is 5.20. The highest BCUT2D eigenvalue weighted by atomic mass is 16.5. The fourth-order valence-corrected chi connectivity index (χ4v) is 3.84. The second-order valence-corrected chi connectivity index (χ2v) is 6.97. The van der Waals surface area contributed by atoms with Gasteiger partial charge in [0.1, 0.15) is 11.6 Å². The number of rotatable bonds is 5. The molecule has 2 aliphatic heterocycles. The second-order valence-electron chi connectivity index (χ2n) is 6.97. The van der Waals surface area contributed by atoms with Gasteiger partial charge in [0.2, 0.25) is 5.91 Å². The van der Waals surface area contributed by atoms with Crippen LogP contribution in [0.1, 0.15) is 17.5 Å². The lowest BCUT2D eigenvalue weighted by Gasteiger charge is -2.24. The Morgan fingerprint density at radius 3 is 3.08 bits per heavy atom. The van der Waals surface area contributed by atoms with E-state index < -0.39 is 0 Å². The van der Waals surface area contributed by atoms with Gasteiger partial charge < -0.3 is 20.1 Å². The van der Waals surface area contributed by atoms with Gasteiger partial charge in [-0.3, -0.25) is 9.48 Å². The summed E-state index contributed by atoms with van der Waals surface area (Å²) in [6.07, 6.45) is 4.02. The van der Waals surface area contributed by atoms with Crippen LogP contribution in [0.2, 0.25) is 0 Å². The first kappa shape index (κ1) is 16.9. The molecule has 1 fully saturated rings. The molecule has 0 spiro atoms. The Morgan fingerprint density at radius 2 is 2.31 bits per heavy atom. The van der Waals surface area contributed by atoms with Crippen molar-refractivity contribution in [3.8, 4) is 5.75 Å². The van der Waals surface area contributed by atoms with Crippen LogP contribution >= 0.6 is 0 Å². The van der Waals surface area contributed by atoms with Crippen molar-refractivity contribution in [2.75, 3.05) is 26.0 Å². The van der Waals surface area contributed by atoms with Crippen molar-refractivity contribution < 1.29 is 14.3 Å². The number of ether oxygens (including phenoxy) is 2. The number of aromatic nitrogens is 2. The van der Waals surface area contributed by atoms with E-state index in [1.807, 2.05) is 23.2 Å². The quantitative estimate of drug-likeness (QED) is 0.872. The van der Waals surface area contributed by atoms with Gasteiger partial charge in [0.05, 0.1) is 31.7 Å². The summed E-state index contributed by atoms with van der Waals surface area (Å²) in [4.78, 5) is 14.9. The lowest BCUT2D eigenvalue weighted by molar-refractivity contribution is -0.131. The predicted molar refractivity (Wildman–Crippen MR) is 96.9 cm³/mol. The van der Waals surface area contributed by atoms with E-state index in [-0.39, 0.29) is 18.1 Å². The molecule has 2 aromatic rings. The summed E-state index contributed by atoms with van der Waals surface area (Å²) >= 11 is 0. The fraction of sp³-hybridized carbons (Fsp3) is 0.474. The Balaban J connectivity index is 1.47. The van der Waals surface area contributed by atoms with Gasteiger partial charge in [0.25, 0.3) is 0 Å². The van der Waals surface area contributed by atoms with E-state index in [1.54, 1.807) is 17.9 Å². The van der Waals surface area contributed by atoms with Crippen LogP contribution in [0.3, 0.4) is 0 Å². The van der Waals surface area contributed by atoms with Crippen LogP contribution < -0.4 is 10.5 Å². The number of methoxy groups -OCH3 is 1. The van der Waals surface area contributed by atoms with Crippen molar-refractivity contribution in [1.82, 2.24) is 14.7 Å².